The van der Waals surface area contributed by atoms with E-state index < -0.39 is 46.3 Å². The molecule has 1 aliphatic heterocycles. The molecule has 1 fully saturated rings. The van der Waals surface area contributed by atoms with Crippen LogP contribution in [0.25, 0.3) is 5.69 Å². The van der Waals surface area contributed by atoms with E-state index in [1.54, 1.807) is 0 Å². The van der Waals surface area contributed by atoms with Crippen molar-refractivity contribution in [1.29, 1.82) is 0 Å². The van der Waals surface area contributed by atoms with Gasteiger partial charge in [0.1, 0.15) is 0 Å². The van der Waals surface area contributed by atoms with E-state index in [1.165, 1.54) is 0 Å². The summed E-state index contributed by atoms with van der Waals surface area (Å²) >= 11 is 0. The van der Waals surface area contributed by atoms with Gasteiger partial charge < -0.3 is 5.32 Å². The minimum atomic E-state index is -5.02. The predicted octanol–water partition coefficient (Wildman–Crippen LogP) is 5.15. The van der Waals surface area contributed by atoms with Crippen molar-refractivity contribution < 1.29 is 31.1 Å². The second-order valence-corrected chi connectivity index (χ2v) is 9.05. The Kier molecular flexibility index (Phi) is 6.84. The van der Waals surface area contributed by atoms with Crippen molar-refractivity contribution in [3.05, 3.63) is 47.3 Å². The van der Waals surface area contributed by atoms with E-state index in [-0.39, 0.29) is 6.54 Å². The molecule has 0 spiro atoms. The van der Waals surface area contributed by atoms with Gasteiger partial charge in [-0.1, -0.05) is 13.0 Å². The molecule has 3 rings (SSSR count). The highest BCUT2D eigenvalue weighted by Crippen LogP contribution is 2.35. The van der Waals surface area contributed by atoms with Crippen molar-refractivity contribution in [2.45, 2.75) is 51.5 Å². The first-order valence-corrected chi connectivity index (χ1v) is 10.6. The second-order valence-electron chi connectivity index (χ2n) is 9.05. The van der Waals surface area contributed by atoms with Gasteiger partial charge in [0.25, 0.3) is 5.91 Å². The largest absolute Gasteiger partial charge is 0.434 e. The Hall–Kier alpha value is -2.56. The van der Waals surface area contributed by atoms with Gasteiger partial charge in [-0.15, -0.1) is 0 Å². The number of halogens is 6. The standard InChI is InChI=1S/C22H26F6N4O/c1-14-6-5-9-31(12-14)20(2,3)13-29-19(33)17-11-30-32(18(17)22(26,27)28)16-8-4-7-15(10-16)21(23,24)25/h4,7-8,10-11,14H,5-6,9,12-13H2,1-3H3,(H,29,33)/t14-/m1/s1. The molecule has 1 atom stereocenters. The average Bonchev–Trinajstić information content (AvgIpc) is 3.17. The van der Waals surface area contributed by atoms with E-state index in [2.05, 4.69) is 22.2 Å². The number of nitrogens with one attached hydrogen (secondary N) is 1. The topological polar surface area (TPSA) is 50.2 Å². The normalized spacial score (nSPS) is 18.4. The summed E-state index contributed by atoms with van der Waals surface area (Å²) in [6, 6.07) is 3.36. The maximum atomic E-state index is 13.9. The summed E-state index contributed by atoms with van der Waals surface area (Å²) in [5, 5.41) is 6.15. The SMILES string of the molecule is C[C@@H]1CCCN(C(C)(C)CNC(=O)c2cnn(-c3cccc(C(F)(F)F)c3)c2C(F)(F)F)C1. The molecule has 1 aromatic carbocycles. The van der Waals surface area contributed by atoms with Gasteiger partial charge in [0.05, 0.1) is 23.0 Å². The van der Waals surface area contributed by atoms with Crippen LogP contribution in [0.3, 0.4) is 0 Å². The van der Waals surface area contributed by atoms with Crippen molar-refractivity contribution >= 4 is 5.91 Å². The molecule has 1 saturated heterocycles. The van der Waals surface area contributed by atoms with Crippen LogP contribution in [-0.4, -0.2) is 45.8 Å². The smallest absolute Gasteiger partial charge is 0.350 e. The number of benzene rings is 1. The summed E-state index contributed by atoms with van der Waals surface area (Å²) in [6.45, 7) is 7.69. The number of alkyl halides is 6. The lowest BCUT2D eigenvalue weighted by Gasteiger charge is -2.43. The molecule has 1 amide bonds. The highest BCUT2D eigenvalue weighted by atomic mass is 19.4. The van der Waals surface area contributed by atoms with Crippen LogP contribution in [0.1, 0.15) is 55.2 Å². The number of hydrogen-bond acceptors (Lipinski definition) is 3. The second kappa shape index (κ2) is 9.00. The molecule has 11 heteroatoms. The van der Waals surface area contributed by atoms with Gasteiger partial charge in [-0.2, -0.15) is 31.4 Å². The van der Waals surface area contributed by atoms with Crippen molar-refractivity contribution in [3.8, 4) is 5.69 Å². The number of rotatable bonds is 5. The van der Waals surface area contributed by atoms with Crippen LogP contribution in [-0.2, 0) is 12.4 Å². The Bertz CT molecular complexity index is 996. The van der Waals surface area contributed by atoms with Crippen LogP contribution in [0.15, 0.2) is 30.5 Å². The average molecular weight is 476 g/mol. The van der Waals surface area contributed by atoms with Gasteiger partial charge in [-0.05, 0) is 57.4 Å². The Morgan fingerprint density at radius 1 is 1.15 bits per heavy atom. The van der Waals surface area contributed by atoms with Gasteiger partial charge in [-0.3, -0.25) is 9.69 Å². The summed E-state index contributed by atoms with van der Waals surface area (Å²) in [7, 11) is 0. The zero-order valence-corrected chi connectivity index (χ0v) is 18.5. The monoisotopic (exact) mass is 476 g/mol. The van der Waals surface area contributed by atoms with E-state index in [1.807, 2.05) is 13.8 Å². The Balaban J connectivity index is 1.87. The van der Waals surface area contributed by atoms with E-state index in [9.17, 15) is 31.1 Å². The highest BCUT2D eigenvalue weighted by Gasteiger charge is 2.41. The summed E-state index contributed by atoms with van der Waals surface area (Å²) in [4.78, 5) is 14.9. The number of nitrogens with zero attached hydrogens (tertiary/aromatic N) is 3. The van der Waals surface area contributed by atoms with Crippen LogP contribution < -0.4 is 5.32 Å². The van der Waals surface area contributed by atoms with Gasteiger partial charge in [-0.25, -0.2) is 4.68 Å². The van der Waals surface area contributed by atoms with Gasteiger partial charge >= 0.3 is 12.4 Å². The van der Waals surface area contributed by atoms with Crippen LogP contribution in [0.2, 0.25) is 0 Å². The number of amides is 1. The fourth-order valence-corrected chi connectivity index (χ4v) is 4.04. The molecule has 1 N–H and O–H groups in total. The minimum absolute atomic E-state index is 0.102. The summed E-state index contributed by atoms with van der Waals surface area (Å²) < 4.78 is 81.0. The molecule has 1 aliphatic rings. The van der Waals surface area contributed by atoms with Crippen molar-refractivity contribution in [2.24, 2.45) is 5.92 Å². The van der Waals surface area contributed by atoms with Crippen LogP contribution in [0, 0.1) is 5.92 Å². The fourth-order valence-electron chi connectivity index (χ4n) is 4.04. The molecule has 33 heavy (non-hydrogen) atoms. The molecule has 1 aromatic heterocycles. The van der Waals surface area contributed by atoms with E-state index in [0.29, 0.717) is 16.7 Å². The van der Waals surface area contributed by atoms with Crippen molar-refractivity contribution in [2.75, 3.05) is 19.6 Å². The zero-order chi connectivity index (χ0) is 24.6. The number of piperidine rings is 1. The molecular weight excluding hydrogens is 450 g/mol. The zero-order valence-electron chi connectivity index (χ0n) is 18.5. The lowest BCUT2D eigenvalue weighted by molar-refractivity contribution is -0.143. The van der Waals surface area contributed by atoms with Gasteiger partial charge in [0, 0.05) is 18.6 Å². The number of hydrogen-bond donors (Lipinski definition) is 1. The molecule has 0 aliphatic carbocycles. The Morgan fingerprint density at radius 2 is 1.85 bits per heavy atom. The van der Waals surface area contributed by atoms with E-state index in [0.717, 1.165) is 50.3 Å². The molecule has 0 radical (unpaired) electrons. The molecule has 2 aromatic rings. The van der Waals surface area contributed by atoms with Crippen LogP contribution in [0.4, 0.5) is 26.3 Å². The molecule has 5 nitrogen and oxygen atoms in total. The predicted molar refractivity (Wildman–Crippen MR) is 110 cm³/mol. The number of carbonyl (C=O) groups excluding carboxylic acids is 1. The molecular formula is C22H26F6N4O. The lowest BCUT2D eigenvalue weighted by atomic mass is 9.93. The maximum Gasteiger partial charge on any atom is 0.434 e. The first-order chi connectivity index (χ1) is 15.2. The number of aromatic nitrogens is 2. The van der Waals surface area contributed by atoms with E-state index in [4.69, 9.17) is 0 Å². The van der Waals surface area contributed by atoms with Crippen LogP contribution in [0.5, 0.6) is 0 Å². The molecule has 182 valence electrons. The van der Waals surface area contributed by atoms with Crippen molar-refractivity contribution in [1.82, 2.24) is 20.0 Å². The minimum Gasteiger partial charge on any atom is -0.350 e. The first kappa shape index (κ1) is 25.1. The van der Waals surface area contributed by atoms with E-state index >= 15 is 0 Å². The van der Waals surface area contributed by atoms with Gasteiger partial charge in [0.15, 0.2) is 5.69 Å². The third-order valence-electron chi connectivity index (χ3n) is 5.90. The quantitative estimate of drug-likeness (QED) is 0.608. The number of likely N-dealkylation sites (tertiary alicyclic amines) is 1. The fraction of sp³-hybridized carbons (Fsp3) is 0.545. The number of carbonyl (C=O) groups is 1. The lowest BCUT2D eigenvalue weighted by Crippen LogP contribution is -2.54. The molecule has 2 heterocycles. The molecule has 0 unspecified atom stereocenters. The third-order valence-corrected chi connectivity index (χ3v) is 5.90. The highest BCUT2D eigenvalue weighted by molar-refractivity contribution is 5.95. The Labute approximate surface area is 187 Å². The van der Waals surface area contributed by atoms with Crippen molar-refractivity contribution in [3.63, 3.8) is 0 Å². The third kappa shape index (κ3) is 5.69. The summed E-state index contributed by atoms with van der Waals surface area (Å²) in [5.74, 6) is -0.505. The maximum absolute atomic E-state index is 13.9. The first-order valence-electron chi connectivity index (χ1n) is 10.6. The van der Waals surface area contributed by atoms with Gasteiger partial charge in [0.2, 0.25) is 0 Å². The summed E-state index contributed by atoms with van der Waals surface area (Å²) in [5.41, 5.74) is -4.22. The van der Waals surface area contributed by atoms with Crippen LogP contribution >= 0.6 is 0 Å². The molecule has 0 bridgehead atoms. The Morgan fingerprint density at radius 3 is 2.45 bits per heavy atom. The molecule has 0 saturated carbocycles. The summed E-state index contributed by atoms with van der Waals surface area (Å²) in [6.07, 6.45) is -6.92.